The van der Waals surface area contributed by atoms with E-state index in [2.05, 4.69) is 29.4 Å². The van der Waals surface area contributed by atoms with Gasteiger partial charge in [-0.15, -0.1) is 0 Å². The van der Waals surface area contributed by atoms with Crippen LogP contribution < -0.4 is 14.8 Å². The average molecular weight is 409 g/mol. The Balaban J connectivity index is 1.90. The minimum absolute atomic E-state index is 0.0210. The average Bonchev–Trinajstić information content (AvgIpc) is 3.02. The first-order valence-electron chi connectivity index (χ1n) is 9.94. The second kappa shape index (κ2) is 8.13. The summed E-state index contributed by atoms with van der Waals surface area (Å²) in [4.78, 5) is 13.4. The molecule has 2 fully saturated rings. The molecule has 1 aliphatic heterocycles. The third kappa shape index (κ3) is 3.72. The highest BCUT2D eigenvalue weighted by Crippen LogP contribution is 2.53. The number of carboxylic acid groups (broad SMARTS) is 1. The summed E-state index contributed by atoms with van der Waals surface area (Å²) in [6, 6.07) is 5.96. The Bertz CT molecular complexity index is 730. The maximum absolute atomic E-state index is 11.5. The fourth-order valence-corrected chi connectivity index (χ4v) is 5.48. The maximum atomic E-state index is 11.5. The number of hydrogen-bond donors (Lipinski definition) is 3. The van der Waals surface area contributed by atoms with Gasteiger partial charge < -0.3 is 19.5 Å². The van der Waals surface area contributed by atoms with E-state index in [1.54, 1.807) is 14.2 Å². The molecule has 2 unspecified atom stereocenters. The van der Waals surface area contributed by atoms with Gasteiger partial charge in [0.1, 0.15) is 6.04 Å². The topological polar surface area (TPSA) is 71.0 Å². The van der Waals surface area contributed by atoms with Crippen LogP contribution in [0.1, 0.15) is 44.6 Å². The summed E-state index contributed by atoms with van der Waals surface area (Å²) in [6.45, 7) is 2.90. The van der Waals surface area contributed by atoms with E-state index in [1.165, 1.54) is 5.56 Å². The molecule has 28 heavy (non-hydrogen) atoms. The number of rotatable bonds is 7. The van der Waals surface area contributed by atoms with Crippen LogP contribution in [0.5, 0.6) is 11.5 Å². The molecule has 0 aromatic heterocycles. The van der Waals surface area contributed by atoms with E-state index in [9.17, 15) is 9.90 Å². The fraction of sp³-hybridized carbons (Fsp3) is 0.667. The molecule has 1 saturated carbocycles. The summed E-state index contributed by atoms with van der Waals surface area (Å²) in [7, 11) is 5.47. The summed E-state index contributed by atoms with van der Waals surface area (Å²) < 4.78 is 10.9. The van der Waals surface area contributed by atoms with Crippen LogP contribution in [-0.2, 0) is 10.2 Å². The standard InChI is InChI=1S/C21H32N2O4S/c1-5-15(19(24)25)22-21(28)9-8-20(10-11-23(2)18(20)13-21)14-6-7-16(26-3)17(12-14)27-4/h6-7,12,15,18,22,28H,5,8-11,13H2,1-4H3,(H,24,25)/t15?,18-,20-,21?/m0/s1. The van der Waals surface area contributed by atoms with Gasteiger partial charge in [-0.05, 0) is 63.4 Å². The lowest BCUT2D eigenvalue weighted by molar-refractivity contribution is -0.140. The van der Waals surface area contributed by atoms with E-state index in [0.29, 0.717) is 6.42 Å². The molecule has 1 aromatic rings. The van der Waals surface area contributed by atoms with Gasteiger partial charge in [-0.25, -0.2) is 0 Å². The summed E-state index contributed by atoms with van der Waals surface area (Å²) in [5.74, 6) is 0.673. The van der Waals surface area contributed by atoms with Crippen molar-refractivity contribution in [1.29, 1.82) is 0 Å². The maximum Gasteiger partial charge on any atom is 0.320 e. The number of ether oxygens (including phenoxy) is 2. The van der Waals surface area contributed by atoms with Gasteiger partial charge in [-0.2, -0.15) is 12.6 Å². The highest BCUT2D eigenvalue weighted by atomic mass is 32.1. The van der Waals surface area contributed by atoms with Crippen LogP contribution in [-0.4, -0.2) is 60.7 Å². The second-order valence-corrected chi connectivity index (χ2v) is 9.01. The van der Waals surface area contributed by atoms with Gasteiger partial charge in [-0.1, -0.05) is 13.0 Å². The minimum atomic E-state index is -0.813. The van der Waals surface area contributed by atoms with Crippen molar-refractivity contribution in [2.45, 2.75) is 61.4 Å². The first-order chi connectivity index (χ1) is 13.3. The summed E-state index contributed by atoms with van der Waals surface area (Å²) in [6.07, 6.45) is 4.18. The molecule has 7 heteroatoms. The normalized spacial score (nSPS) is 31.2. The number of thiol groups is 1. The van der Waals surface area contributed by atoms with Crippen LogP contribution in [0.25, 0.3) is 0 Å². The SMILES string of the molecule is CCC(NC1(S)CC[C@@]2(c3ccc(OC)c(OC)c3)CCN(C)[C@H]2C1)C(=O)O. The zero-order valence-electron chi connectivity index (χ0n) is 17.2. The van der Waals surface area contributed by atoms with Gasteiger partial charge in [0, 0.05) is 11.5 Å². The zero-order valence-corrected chi connectivity index (χ0v) is 18.1. The molecular weight excluding hydrogens is 376 g/mol. The molecule has 6 nitrogen and oxygen atoms in total. The van der Waals surface area contributed by atoms with Crippen LogP contribution in [0.15, 0.2) is 18.2 Å². The summed E-state index contributed by atoms with van der Waals surface area (Å²) >= 11 is 4.93. The molecule has 1 aromatic carbocycles. The first-order valence-corrected chi connectivity index (χ1v) is 10.4. The molecule has 0 amide bonds. The van der Waals surface area contributed by atoms with Crippen LogP contribution in [0.3, 0.4) is 0 Å². The Hall–Kier alpha value is -1.44. The number of benzene rings is 1. The smallest absolute Gasteiger partial charge is 0.320 e. The molecule has 1 saturated heterocycles. The number of nitrogens with zero attached hydrogens (tertiary/aromatic N) is 1. The predicted molar refractivity (Wildman–Crippen MR) is 113 cm³/mol. The van der Waals surface area contributed by atoms with Crippen molar-refractivity contribution >= 4 is 18.6 Å². The van der Waals surface area contributed by atoms with E-state index in [4.69, 9.17) is 22.1 Å². The lowest BCUT2D eigenvalue weighted by Crippen LogP contribution is -2.58. The summed E-state index contributed by atoms with van der Waals surface area (Å²) in [5.41, 5.74) is 1.29. The van der Waals surface area contributed by atoms with E-state index in [-0.39, 0.29) is 11.5 Å². The number of fused-ring (bicyclic) bond motifs is 1. The summed E-state index contributed by atoms with van der Waals surface area (Å²) in [5, 5.41) is 12.8. The van der Waals surface area contributed by atoms with Gasteiger partial charge in [0.15, 0.2) is 11.5 Å². The van der Waals surface area contributed by atoms with Gasteiger partial charge in [-0.3, -0.25) is 10.1 Å². The fourth-order valence-electron chi connectivity index (χ4n) is 5.04. The van der Waals surface area contributed by atoms with Crippen molar-refractivity contribution in [2.75, 3.05) is 27.8 Å². The van der Waals surface area contributed by atoms with Crippen LogP contribution in [0.4, 0.5) is 0 Å². The van der Waals surface area contributed by atoms with E-state index >= 15 is 0 Å². The quantitative estimate of drug-likeness (QED) is 0.476. The molecular formula is C21H32N2O4S. The molecule has 156 valence electrons. The lowest BCUT2D eigenvalue weighted by Gasteiger charge is -2.49. The van der Waals surface area contributed by atoms with Gasteiger partial charge >= 0.3 is 5.97 Å². The van der Waals surface area contributed by atoms with E-state index in [0.717, 1.165) is 43.7 Å². The van der Waals surface area contributed by atoms with Crippen molar-refractivity contribution in [2.24, 2.45) is 0 Å². The molecule has 3 rings (SSSR count). The Kier molecular flexibility index (Phi) is 6.17. The molecule has 1 aliphatic carbocycles. The number of likely N-dealkylation sites (tertiary alicyclic amines) is 1. The largest absolute Gasteiger partial charge is 0.493 e. The van der Waals surface area contributed by atoms with Crippen molar-refractivity contribution in [1.82, 2.24) is 10.2 Å². The number of carbonyl (C=O) groups is 1. The van der Waals surface area contributed by atoms with Crippen LogP contribution >= 0.6 is 12.6 Å². The number of methoxy groups -OCH3 is 2. The van der Waals surface area contributed by atoms with Gasteiger partial charge in [0.25, 0.3) is 0 Å². The van der Waals surface area contributed by atoms with Crippen molar-refractivity contribution in [3.63, 3.8) is 0 Å². The predicted octanol–water partition coefficient (Wildman–Crippen LogP) is 2.91. The molecule has 0 bridgehead atoms. The number of carboxylic acids is 1. The Morgan fingerprint density at radius 1 is 1.32 bits per heavy atom. The number of nitrogens with one attached hydrogen (secondary N) is 1. The Labute approximate surface area is 173 Å². The molecule has 0 radical (unpaired) electrons. The van der Waals surface area contributed by atoms with Gasteiger partial charge in [0.05, 0.1) is 19.1 Å². The highest BCUT2D eigenvalue weighted by Gasteiger charge is 2.54. The zero-order chi connectivity index (χ0) is 20.5. The molecule has 0 spiro atoms. The monoisotopic (exact) mass is 408 g/mol. The van der Waals surface area contributed by atoms with Crippen molar-refractivity contribution < 1.29 is 19.4 Å². The Morgan fingerprint density at radius 3 is 2.64 bits per heavy atom. The van der Waals surface area contributed by atoms with Crippen molar-refractivity contribution in [3.8, 4) is 11.5 Å². The molecule has 2 aliphatic rings. The number of hydrogen-bond acceptors (Lipinski definition) is 6. The van der Waals surface area contributed by atoms with Crippen LogP contribution in [0.2, 0.25) is 0 Å². The molecule has 1 heterocycles. The Morgan fingerprint density at radius 2 is 2.04 bits per heavy atom. The third-order valence-electron chi connectivity index (χ3n) is 6.70. The van der Waals surface area contributed by atoms with E-state index in [1.807, 2.05) is 13.0 Å². The minimum Gasteiger partial charge on any atom is -0.493 e. The van der Waals surface area contributed by atoms with E-state index < -0.39 is 16.9 Å². The molecule has 2 N–H and O–H groups in total. The first kappa shape index (κ1) is 21.3. The highest BCUT2D eigenvalue weighted by molar-refractivity contribution is 7.81. The van der Waals surface area contributed by atoms with Crippen molar-refractivity contribution in [3.05, 3.63) is 23.8 Å². The number of aliphatic carboxylic acids is 1. The second-order valence-electron chi connectivity index (χ2n) is 8.15. The lowest BCUT2D eigenvalue weighted by atomic mass is 9.64. The van der Waals surface area contributed by atoms with Gasteiger partial charge in [0.2, 0.25) is 0 Å². The van der Waals surface area contributed by atoms with Crippen LogP contribution in [0, 0.1) is 0 Å². The molecule has 4 atom stereocenters. The third-order valence-corrected chi connectivity index (χ3v) is 7.24. The number of likely N-dealkylation sites (N-methyl/N-ethyl adjacent to an activating group) is 1.